The van der Waals surface area contributed by atoms with Gasteiger partial charge < -0.3 is 10.2 Å². The quantitative estimate of drug-likeness (QED) is 0.766. The summed E-state index contributed by atoms with van der Waals surface area (Å²) in [6.07, 6.45) is 3.23. The predicted molar refractivity (Wildman–Crippen MR) is 102 cm³/mol. The van der Waals surface area contributed by atoms with E-state index in [1.165, 1.54) is 0 Å². The smallest absolute Gasteiger partial charge is 0.258 e. The van der Waals surface area contributed by atoms with Gasteiger partial charge in [-0.1, -0.05) is 12.1 Å². The van der Waals surface area contributed by atoms with Crippen LogP contribution in [0.2, 0.25) is 0 Å². The number of aryl methyl sites for hydroxylation is 2. The third kappa shape index (κ3) is 4.22. The van der Waals surface area contributed by atoms with E-state index < -0.39 is 0 Å². The van der Waals surface area contributed by atoms with E-state index in [1.807, 2.05) is 44.2 Å². The normalized spacial score (nSPS) is 10.4. The highest BCUT2D eigenvalue weighted by Gasteiger charge is 2.13. The molecule has 6 heteroatoms. The van der Waals surface area contributed by atoms with Crippen LogP contribution in [0.15, 0.2) is 54.9 Å². The number of benzene rings is 1. The summed E-state index contributed by atoms with van der Waals surface area (Å²) in [4.78, 5) is 26.7. The van der Waals surface area contributed by atoms with E-state index in [2.05, 4.69) is 20.3 Å². The lowest BCUT2D eigenvalue weighted by atomic mass is 10.1. The van der Waals surface area contributed by atoms with Crippen LogP contribution in [0.4, 0.5) is 11.5 Å². The van der Waals surface area contributed by atoms with Gasteiger partial charge in [-0.3, -0.25) is 9.78 Å². The molecule has 1 aromatic carbocycles. The number of nitrogens with zero attached hydrogens (tertiary/aromatic N) is 4. The highest BCUT2D eigenvalue weighted by atomic mass is 16.2. The van der Waals surface area contributed by atoms with Crippen molar-refractivity contribution in [1.82, 2.24) is 15.0 Å². The van der Waals surface area contributed by atoms with Crippen LogP contribution >= 0.6 is 0 Å². The number of carbonyl (C=O) groups excluding carboxylic acids is 1. The lowest BCUT2D eigenvalue weighted by Gasteiger charge is -2.18. The summed E-state index contributed by atoms with van der Waals surface area (Å²) >= 11 is 0. The molecule has 1 amide bonds. The van der Waals surface area contributed by atoms with Gasteiger partial charge in [0, 0.05) is 49.0 Å². The lowest BCUT2D eigenvalue weighted by Crippen LogP contribution is -2.26. The van der Waals surface area contributed by atoms with E-state index in [9.17, 15) is 4.79 Å². The zero-order valence-electron chi connectivity index (χ0n) is 15.1. The minimum atomic E-state index is -0.0646. The Morgan fingerprint density at radius 3 is 2.38 bits per heavy atom. The first-order valence-electron chi connectivity index (χ1n) is 8.36. The van der Waals surface area contributed by atoms with E-state index in [-0.39, 0.29) is 5.91 Å². The third-order valence-corrected chi connectivity index (χ3v) is 4.00. The molecule has 26 heavy (non-hydrogen) atoms. The molecule has 1 N–H and O–H groups in total. The van der Waals surface area contributed by atoms with E-state index in [0.717, 1.165) is 28.6 Å². The number of pyridine rings is 1. The van der Waals surface area contributed by atoms with Gasteiger partial charge in [-0.2, -0.15) is 0 Å². The van der Waals surface area contributed by atoms with Crippen molar-refractivity contribution in [1.29, 1.82) is 0 Å². The van der Waals surface area contributed by atoms with Crippen molar-refractivity contribution in [3.63, 3.8) is 0 Å². The zero-order chi connectivity index (χ0) is 18.5. The van der Waals surface area contributed by atoms with Gasteiger partial charge in [-0.25, -0.2) is 9.97 Å². The Morgan fingerprint density at radius 1 is 1.04 bits per heavy atom. The fraction of sp³-hybridized carbons (Fsp3) is 0.200. The largest absolute Gasteiger partial charge is 0.366 e. The molecule has 2 aromatic heterocycles. The molecule has 3 aromatic rings. The SMILES string of the molecule is Cc1cc(NCc2ccc(N(C)C(=O)c3ccncc3)cc2)nc(C)n1. The Bertz CT molecular complexity index is 874. The number of aromatic nitrogens is 3. The first kappa shape index (κ1) is 17.5. The highest BCUT2D eigenvalue weighted by Crippen LogP contribution is 2.17. The van der Waals surface area contributed by atoms with Crippen LogP contribution in [0.3, 0.4) is 0 Å². The minimum Gasteiger partial charge on any atom is -0.366 e. The van der Waals surface area contributed by atoms with Crippen LogP contribution in [0.5, 0.6) is 0 Å². The minimum absolute atomic E-state index is 0.0646. The molecule has 0 aliphatic carbocycles. The van der Waals surface area contributed by atoms with Gasteiger partial charge in [-0.05, 0) is 43.7 Å². The van der Waals surface area contributed by atoms with Gasteiger partial charge in [0.25, 0.3) is 5.91 Å². The standard InChI is InChI=1S/C20H21N5O/c1-14-12-19(24-15(2)23-14)22-13-16-4-6-18(7-5-16)25(3)20(26)17-8-10-21-11-9-17/h4-12H,13H2,1-3H3,(H,22,23,24). The Morgan fingerprint density at radius 2 is 1.73 bits per heavy atom. The number of rotatable bonds is 5. The number of nitrogens with one attached hydrogen (secondary N) is 1. The van der Waals surface area contributed by atoms with E-state index >= 15 is 0 Å². The molecule has 0 atom stereocenters. The second-order valence-corrected chi connectivity index (χ2v) is 6.06. The molecule has 0 saturated heterocycles. The van der Waals surface area contributed by atoms with Crippen molar-refractivity contribution >= 4 is 17.4 Å². The first-order chi connectivity index (χ1) is 12.5. The van der Waals surface area contributed by atoms with Crippen molar-refractivity contribution in [2.45, 2.75) is 20.4 Å². The van der Waals surface area contributed by atoms with Gasteiger partial charge in [0.15, 0.2) is 0 Å². The van der Waals surface area contributed by atoms with Crippen molar-refractivity contribution < 1.29 is 4.79 Å². The maximum absolute atomic E-state index is 12.5. The van der Waals surface area contributed by atoms with E-state index in [4.69, 9.17) is 0 Å². The first-order valence-corrected chi connectivity index (χ1v) is 8.36. The van der Waals surface area contributed by atoms with Gasteiger partial charge in [0.05, 0.1) is 0 Å². The van der Waals surface area contributed by atoms with Crippen LogP contribution in [0.1, 0.15) is 27.4 Å². The second kappa shape index (κ2) is 7.74. The molecule has 0 fully saturated rings. The van der Waals surface area contributed by atoms with Crippen molar-refractivity contribution in [3.8, 4) is 0 Å². The summed E-state index contributed by atoms with van der Waals surface area (Å²) < 4.78 is 0. The monoisotopic (exact) mass is 347 g/mol. The number of carbonyl (C=O) groups is 1. The molecule has 0 aliphatic rings. The molecule has 0 aliphatic heterocycles. The van der Waals surface area contributed by atoms with Crippen molar-refractivity contribution in [3.05, 3.63) is 77.5 Å². The Balaban J connectivity index is 1.65. The van der Waals surface area contributed by atoms with Crippen molar-refractivity contribution in [2.24, 2.45) is 0 Å². The fourth-order valence-electron chi connectivity index (χ4n) is 2.64. The maximum atomic E-state index is 12.5. The summed E-state index contributed by atoms with van der Waals surface area (Å²) in [7, 11) is 1.77. The van der Waals surface area contributed by atoms with Crippen molar-refractivity contribution in [2.75, 3.05) is 17.3 Å². The van der Waals surface area contributed by atoms with Crippen LogP contribution in [0.25, 0.3) is 0 Å². The third-order valence-electron chi connectivity index (χ3n) is 4.00. The summed E-state index contributed by atoms with van der Waals surface area (Å²) in [6.45, 7) is 4.48. The van der Waals surface area contributed by atoms with Crippen LogP contribution in [-0.4, -0.2) is 27.9 Å². The molecular formula is C20H21N5O. The number of hydrogen-bond donors (Lipinski definition) is 1. The molecule has 0 spiro atoms. The topological polar surface area (TPSA) is 71.0 Å². The highest BCUT2D eigenvalue weighted by molar-refractivity contribution is 6.05. The molecule has 3 rings (SSSR count). The average Bonchev–Trinajstić information content (AvgIpc) is 2.65. The number of anilines is 2. The lowest BCUT2D eigenvalue weighted by molar-refractivity contribution is 0.0993. The van der Waals surface area contributed by atoms with E-state index in [1.54, 1.807) is 36.5 Å². The van der Waals surface area contributed by atoms with E-state index in [0.29, 0.717) is 12.1 Å². The van der Waals surface area contributed by atoms with Crippen LogP contribution in [0, 0.1) is 13.8 Å². The molecule has 132 valence electrons. The summed E-state index contributed by atoms with van der Waals surface area (Å²) in [5.41, 5.74) is 3.49. The van der Waals surface area contributed by atoms with Gasteiger partial charge in [-0.15, -0.1) is 0 Å². The van der Waals surface area contributed by atoms with Crippen LogP contribution in [-0.2, 0) is 6.54 Å². The van der Waals surface area contributed by atoms with Crippen LogP contribution < -0.4 is 10.2 Å². The summed E-state index contributed by atoms with van der Waals surface area (Å²) in [5, 5.41) is 3.30. The molecule has 0 unspecified atom stereocenters. The summed E-state index contributed by atoms with van der Waals surface area (Å²) in [5.74, 6) is 1.49. The van der Waals surface area contributed by atoms with Gasteiger partial charge in [0.2, 0.25) is 0 Å². The average molecular weight is 347 g/mol. The summed E-state index contributed by atoms with van der Waals surface area (Å²) in [6, 6.07) is 13.2. The maximum Gasteiger partial charge on any atom is 0.258 e. The Labute approximate surface area is 153 Å². The Hall–Kier alpha value is -3.28. The number of hydrogen-bond acceptors (Lipinski definition) is 5. The fourth-order valence-corrected chi connectivity index (χ4v) is 2.64. The molecule has 0 saturated carbocycles. The molecular weight excluding hydrogens is 326 g/mol. The molecule has 0 bridgehead atoms. The Kier molecular flexibility index (Phi) is 5.22. The van der Waals surface area contributed by atoms with Gasteiger partial charge >= 0.3 is 0 Å². The zero-order valence-corrected chi connectivity index (χ0v) is 15.1. The number of amides is 1. The molecule has 6 nitrogen and oxygen atoms in total. The van der Waals surface area contributed by atoms with Gasteiger partial charge in [0.1, 0.15) is 11.6 Å². The second-order valence-electron chi connectivity index (χ2n) is 6.06. The molecule has 2 heterocycles. The predicted octanol–water partition coefficient (Wildman–Crippen LogP) is 3.38. The molecule has 0 radical (unpaired) electrons.